The molecule has 0 bridgehead atoms. The van der Waals surface area contributed by atoms with Gasteiger partial charge in [-0.25, -0.2) is 0 Å². The second-order valence-electron chi connectivity index (χ2n) is 4.65. The van der Waals surface area contributed by atoms with Crippen molar-refractivity contribution >= 4 is 5.91 Å². The summed E-state index contributed by atoms with van der Waals surface area (Å²) in [6.45, 7) is 4.79. The van der Waals surface area contributed by atoms with Gasteiger partial charge < -0.3 is 10.4 Å². The molecular weight excluding hydrogens is 206 g/mol. The minimum absolute atomic E-state index is 0.0707. The normalized spacial score (nSPS) is 11.4. The van der Waals surface area contributed by atoms with Gasteiger partial charge in [-0.1, -0.05) is 13.8 Å². The van der Waals surface area contributed by atoms with Crippen LogP contribution in [0.3, 0.4) is 0 Å². The lowest BCUT2D eigenvalue weighted by molar-refractivity contribution is 0.0943. The molecule has 3 N–H and O–H groups in total. The first-order valence-electron chi connectivity index (χ1n) is 5.43. The summed E-state index contributed by atoms with van der Waals surface area (Å²) in [7, 11) is 0. The lowest BCUT2D eigenvalue weighted by atomic mass is 9.89. The maximum absolute atomic E-state index is 11.5. The van der Waals surface area contributed by atoms with Crippen LogP contribution in [0.1, 0.15) is 37.2 Å². The van der Waals surface area contributed by atoms with Crippen LogP contribution in [0, 0.1) is 5.41 Å². The molecule has 90 valence electrons. The van der Waals surface area contributed by atoms with Crippen molar-refractivity contribution < 1.29 is 9.90 Å². The first-order valence-corrected chi connectivity index (χ1v) is 5.43. The van der Waals surface area contributed by atoms with Crippen LogP contribution in [0.2, 0.25) is 0 Å². The standard InChI is InChI=1S/C11H19N3O2/c1-11(2,8-15)5-3-6-12-10(16)9-4-7-13-14-9/h4,7,15H,3,5-6,8H2,1-2H3,(H,12,16)(H,13,14). The highest BCUT2D eigenvalue weighted by Gasteiger charge is 2.15. The van der Waals surface area contributed by atoms with Crippen molar-refractivity contribution in [3.8, 4) is 0 Å². The summed E-state index contributed by atoms with van der Waals surface area (Å²) in [6, 6.07) is 1.63. The van der Waals surface area contributed by atoms with Crippen molar-refractivity contribution in [3.63, 3.8) is 0 Å². The van der Waals surface area contributed by atoms with E-state index in [0.29, 0.717) is 12.2 Å². The van der Waals surface area contributed by atoms with E-state index in [1.54, 1.807) is 12.3 Å². The number of hydrogen-bond acceptors (Lipinski definition) is 3. The van der Waals surface area contributed by atoms with Gasteiger partial charge in [0.15, 0.2) is 0 Å². The van der Waals surface area contributed by atoms with Crippen LogP contribution in [0.5, 0.6) is 0 Å². The molecule has 16 heavy (non-hydrogen) atoms. The van der Waals surface area contributed by atoms with Crippen molar-refractivity contribution in [1.82, 2.24) is 15.5 Å². The zero-order valence-electron chi connectivity index (χ0n) is 9.79. The van der Waals surface area contributed by atoms with E-state index >= 15 is 0 Å². The Morgan fingerprint density at radius 2 is 2.38 bits per heavy atom. The number of H-pyrrole nitrogens is 1. The van der Waals surface area contributed by atoms with Gasteiger partial charge in [-0.3, -0.25) is 9.89 Å². The molecule has 0 aliphatic rings. The second-order valence-corrected chi connectivity index (χ2v) is 4.65. The third kappa shape index (κ3) is 4.02. The van der Waals surface area contributed by atoms with Crippen molar-refractivity contribution in [2.75, 3.05) is 13.2 Å². The smallest absolute Gasteiger partial charge is 0.269 e. The fraction of sp³-hybridized carbons (Fsp3) is 0.636. The number of aliphatic hydroxyl groups excluding tert-OH is 1. The van der Waals surface area contributed by atoms with Gasteiger partial charge in [0.2, 0.25) is 0 Å². The van der Waals surface area contributed by atoms with Crippen LogP contribution in [0.15, 0.2) is 12.3 Å². The molecule has 5 heteroatoms. The van der Waals surface area contributed by atoms with Gasteiger partial charge in [-0.2, -0.15) is 5.10 Å². The van der Waals surface area contributed by atoms with E-state index in [1.165, 1.54) is 0 Å². The second kappa shape index (κ2) is 5.65. The Labute approximate surface area is 95.3 Å². The molecule has 0 saturated carbocycles. The van der Waals surface area contributed by atoms with Gasteiger partial charge in [0, 0.05) is 19.3 Å². The van der Waals surface area contributed by atoms with Crippen LogP contribution in [0.25, 0.3) is 0 Å². The maximum Gasteiger partial charge on any atom is 0.269 e. The predicted octanol–water partition coefficient (Wildman–Crippen LogP) is 0.938. The van der Waals surface area contributed by atoms with E-state index in [2.05, 4.69) is 15.5 Å². The lowest BCUT2D eigenvalue weighted by Crippen LogP contribution is -2.26. The molecule has 1 aromatic heterocycles. The number of nitrogens with one attached hydrogen (secondary N) is 2. The molecular formula is C11H19N3O2. The molecule has 0 radical (unpaired) electrons. The summed E-state index contributed by atoms with van der Waals surface area (Å²) in [5, 5.41) is 18.2. The number of aromatic nitrogens is 2. The van der Waals surface area contributed by atoms with E-state index in [-0.39, 0.29) is 17.9 Å². The van der Waals surface area contributed by atoms with E-state index in [4.69, 9.17) is 5.11 Å². The minimum Gasteiger partial charge on any atom is -0.396 e. The van der Waals surface area contributed by atoms with Crippen LogP contribution in [-0.2, 0) is 0 Å². The van der Waals surface area contributed by atoms with Gasteiger partial charge in [0.25, 0.3) is 5.91 Å². The molecule has 0 saturated heterocycles. The van der Waals surface area contributed by atoms with Crippen LogP contribution >= 0.6 is 0 Å². The van der Waals surface area contributed by atoms with Crippen LogP contribution in [0.4, 0.5) is 0 Å². The molecule has 0 atom stereocenters. The highest BCUT2D eigenvalue weighted by Crippen LogP contribution is 2.20. The third-order valence-corrected chi connectivity index (χ3v) is 2.49. The first kappa shape index (κ1) is 12.7. The van der Waals surface area contributed by atoms with Gasteiger partial charge in [0.05, 0.1) is 0 Å². The molecule has 0 aliphatic heterocycles. The summed E-state index contributed by atoms with van der Waals surface area (Å²) in [4.78, 5) is 11.5. The van der Waals surface area contributed by atoms with Gasteiger partial charge >= 0.3 is 0 Å². The Kier molecular flexibility index (Phi) is 4.49. The number of nitrogens with zero attached hydrogens (tertiary/aromatic N) is 1. The highest BCUT2D eigenvalue weighted by molar-refractivity contribution is 5.91. The zero-order chi connectivity index (χ0) is 12.0. The average Bonchev–Trinajstić information content (AvgIpc) is 2.77. The number of rotatable bonds is 6. The third-order valence-electron chi connectivity index (χ3n) is 2.49. The quantitative estimate of drug-likeness (QED) is 0.630. The topological polar surface area (TPSA) is 78.0 Å². The number of carbonyl (C=O) groups excluding carboxylic acids is 1. The number of aromatic amines is 1. The van der Waals surface area contributed by atoms with Gasteiger partial charge in [0.1, 0.15) is 5.69 Å². The summed E-state index contributed by atoms with van der Waals surface area (Å²) in [5.74, 6) is -0.140. The monoisotopic (exact) mass is 225 g/mol. The fourth-order valence-corrected chi connectivity index (χ4v) is 1.33. The Bertz CT molecular complexity index is 320. The van der Waals surface area contributed by atoms with Crippen molar-refractivity contribution in [2.24, 2.45) is 5.41 Å². The Morgan fingerprint density at radius 1 is 1.62 bits per heavy atom. The van der Waals surface area contributed by atoms with Crippen LogP contribution < -0.4 is 5.32 Å². The van der Waals surface area contributed by atoms with Gasteiger partial charge in [-0.05, 0) is 24.3 Å². The van der Waals surface area contributed by atoms with E-state index < -0.39 is 0 Å². The molecule has 1 aromatic rings. The van der Waals surface area contributed by atoms with Crippen LogP contribution in [-0.4, -0.2) is 34.4 Å². The largest absolute Gasteiger partial charge is 0.396 e. The SMILES string of the molecule is CC(C)(CO)CCCNC(=O)c1ccn[nH]1. The maximum atomic E-state index is 11.5. The summed E-state index contributed by atoms with van der Waals surface area (Å²) < 4.78 is 0. The number of aliphatic hydroxyl groups is 1. The number of amides is 1. The van der Waals surface area contributed by atoms with Crippen molar-refractivity contribution in [2.45, 2.75) is 26.7 Å². The lowest BCUT2D eigenvalue weighted by Gasteiger charge is -2.21. The van der Waals surface area contributed by atoms with E-state index in [1.807, 2.05) is 13.8 Å². The Balaban J connectivity index is 2.19. The molecule has 0 unspecified atom stereocenters. The number of hydrogen-bond donors (Lipinski definition) is 3. The minimum atomic E-state index is -0.140. The van der Waals surface area contributed by atoms with E-state index in [9.17, 15) is 4.79 Å². The van der Waals surface area contributed by atoms with E-state index in [0.717, 1.165) is 12.8 Å². The highest BCUT2D eigenvalue weighted by atomic mass is 16.3. The summed E-state index contributed by atoms with van der Waals surface area (Å²) in [5.41, 5.74) is 0.403. The predicted molar refractivity (Wildman–Crippen MR) is 61.0 cm³/mol. The van der Waals surface area contributed by atoms with Gasteiger partial charge in [-0.15, -0.1) is 0 Å². The average molecular weight is 225 g/mol. The summed E-state index contributed by atoms with van der Waals surface area (Å²) >= 11 is 0. The van der Waals surface area contributed by atoms with Crippen molar-refractivity contribution in [1.29, 1.82) is 0 Å². The zero-order valence-corrected chi connectivity index (χ0v) is 9.79. The first-order chi connectivity index (χ1) is 7.55. The Hall–Kier alpha value is -1.36. The summed E-state index contributed by atoms with van der Waals surface area (Å²) in [6.07, 6.45) is 3.28. The molecule has 0 spiro atoms. The molecule has 5 nitrogen and oxygen atoms in total. The molecule has 1 rings (SSSR count). The molecule has 1 heterocycles. The molecule has 0 fully saturated rings. The molecule has 1 amide bonds. The molecule has 0 aromatic carbocycles. The fourth-order valence-electron chi connectivity index (χ4n) is 1.33. The van der Waals surface area contributed by atoms with Crippen molar-refractivity contribution in [3.05, 3.63) is 18.0 Å². The Morgan fingerprint density at radius 3 is 2.94 bits per heavy atom. The number of carbonyl (C=O) groups is 1. The molecule has 0 aliphatic carbocycles.